The molecule has 30 heavy (non-hydrogen) atoms. The highest BCUT2D eigenvalue weighted by Gasteiger charge is 2.34. The van der Waals surface area contributed by atoms with E-state index in [1.807, 2.05) is 24.3 Å². The van der Waals surface area contributed by atoms with Crippen LogP contribution >= 0.6 is 0 Å². The van der Waals surface area contributed by atoms with E-state index in [0.29, 0.717) is 12.0 Å². The van der Waals surface area contributed by atoms with E-state index in [-0.39, 0.29) is 29.4 Å². The normalized spacial score (nSPS) is 18.6. The smallest absolute Gasteiger partial charge is 0.247 e. The fraction of sp³-hybridized carbons (Fsp3) is 0.375. The van der Waals surface area contributed by atoms with Crippen LogP contribution in [0.4, 0.5) is 4.39 Å². The molecule has 0 radical (unpaired) electrons. The molecule has 1 aliphatic heterocycles. The first-order chi connectivity index (χ1) is 14.0. The van der Waals surface area contributed by atoms with Crippen LogP contribution in [0.2, 0.25) is 0 Å². The highest BCUT2D eigenvalue weighted by atomic mass is 32.2. The maximum Gasteiger partial charge on any atom is 0.247 e. The largest absolute Gasteiger partial charge is 0.331 e. The van der Waals surface area contributed by atoms with Crippen LogP contribution in [-0.4, -0.2) is 36.8 Å². The summed E-state index contributed by atoms with van der Waals surface area (Å²) in [5.74, 6) is -0.754. The number of carbonyl (C=O) groups is 1. The molecular weight excluding hydrogens is 401 g/mol. The van der Waals surface area contributed by atoms with E-state index in [4.69, 9.17) is 0 Å². The zero-order valence-corrected chi connectivity index (χ0v) is 18.5. The van der Waals surface area contributed by atoms with Gasteiger partial charge in [-0.3, -0.25) is 4.79 Å². The van der Waals surface area contributed by atoms with Gasteiger partial charge >= 0.3 is 0 Å². The van der Waals surface area contributed by atoms with Gasteiger partial charge in [0.2, 0.25) is 5.91 Å². The molecule has 6 heteroatoms. The van der Waals surface area contributed by atoms with Crippen molar-refractivity contribution in [1.82, 2.24) is 4.90 Å². The predicted molar refractivity (Wildman–Crippen MR) is 118 cm³/mol. The molecule has 0 spiro atoms. The summed E-state index contributed by atoms with van der Waals surface area (Å²) in [7, 11) is -3.17. The lowest BCUT2D eigenvalue weighted by molar-refractivity contribution is -0.128. The summed E-state index contributed by atoms with van der Waals surface area (Å²) in [6, 6.07) is 13.8. The summed E-state index contributed by atoms with van der Waals surface area (Å²) in [5.41, 5.74) is 2.49. The summed E-state index contributed by atoms with van der Waals surface area (Å²) >= 11 is 0. The maximum absolute atomic E-state index is 14.2. The molecule has 0 unspecified atom stereocenters. The highest BCUT2D eigenvalue weighted by Crippen LogP contribution is 2.24. The van der Waals surface area contributed by atoms with Gasteiger partial charge in [-0.25, -0.2) is 12.8 Å². The van der Waals surface area contributed by atoms with Crippen molar-refractivity contribution in [2.75, 3.05) is 11.5 Å². The van der Waals surface area contributed by atoms with Crippen LogP contribution in [-0.2, 0) is 26.6 Å². The number of hydrogen-bond acceptors (Lipinski definition) is 3. The Bertz CT molecular complexity index is 1040. The molecular formula is C24H28FNO3S. The van der Waals surface area contributed by atoms with Gasteiger partial charge in [-0.1, -0.05) is 63.2 Å². The predicted octanol–water partition coefficient (Wildman–Crippen LogP) is 4.35. The minimum absolute atomic E-state index is 0.0407. The molecule has 0 aliphatic carbocycles. The summed E-state index contributed by atoms with van der Waals surface area (Å²) in [6.07, 6.45) is 3.53. The first-order valence-corrected chi connectivity index (χ1v) is 11.9. The molecule has 1 fully saturated rings. The molecule has 3 rings (SSSR count). The Hall–Kier alpha value is -2.47. The lowest BCUT2D eigenvalue weighted by Crippen LogP contribution is -2.39. The molecule has 0 aromatic heterocycles. The third-order valence-electron chi connectivity index (χ3n) is 5.43. The zero-order chi connectivity index (χ0) is 21.9. The lowest BCUT2D eigenvalue weighted by atomic mass is 9.87. The van der Waals surface area contributed by atoms with E-state index in [2.05, 4.69) is 20.8 Å². The van der Waals surface area contributed by atoms with E-state index < -0.39 is 21.7 Å². The standard InChI is InChI=1S/C24H28FNO3S/c1-24(2,3)20-11-8-18(9-12-20)10-13-23(27)26(21-14-15-30(28,29)17-21)16-19-6-4-5-7-22(19)25/h4-13,21H,14-17H2,1-3H3/b13-10+/t21-/m0/s1. The second-order valence-electron chi connectivity index (χ2n) is 8.82. The van der Waals surface area contributed by atoms with Crippen molar-refractivity contribution in [3.8, 4) is 0 Å². The van der Waals surface area contributed by atoms with Gasteiger partial charge in [0.25, 0.3) is 0 Å². The van der Waals surface area contributed by atoms with E-state index >= 15 is 0 Å². The topological polar surface area (TPSA) is 54.5 Å². The number of halogens is 1. The number of rotatable bonds is 5. The van der Waals surface area contributed by atoms with Gasteiger partial charge in [0.05, 0.1) is 11.5 Å². The van der Waals surface area contributed by atoms with Crippen molar-refractivity contribution in [2.24, 2.45) is 0 Å². The number of nitrogens with zero attached hydrogens (tertiary/aromatic N) is 1. The Kier molecular flexibility index (Phi) is 6.46. The Balaban J connectivity index is 1.81. The van der Waals surface area contributed by atoms with Crippen molar-refractivity contribution >= 4 is 21.8 Å². The van der Waals surface area contributed by atoms with E-state index in [9.17, 15) is 17.6 Å². The Morgan fingerprint density at radius 3 is 2.37 bits per heavy atom. The molecule has 160 valence electrons. The molecule has 0 bridgehead atoms. The van der Waals surface area contributed by atoms with Crippen molar-refractivity contribution in [3.05, 3.63) is 77.1 Å². The van der Waals surface area contributed by atoms with Gasteiger partial charge in [-0.05, 0) is 35.1 Å². The van der Waals surface area contributed by atoms with Crippen LogP contribution < -0.4 is 0 Å². The summed E-state index contributed by atoms with van der Waals surface area (Å²) in [6.45, 7) is 6.45. The van der Waals surface area contributed by atoms with Crippen molar-refractivity contribution < 1.29 is 17.6 Å². The zero-order valence-electron chi connectivity index (χ0n) is 17.6. The fourth-order valence-electron chi connectivity index (χ4n) is 3.58. The Labute approximate surface area is 178 Å². The van der Waals surface area contributed by atoms with Gasteiger partial charge in [-0.2, -0.15) is 0 Å². The second kappa shape index (κ2) is 8.72. The molecule has 4 nitrogen and oxygen atoms in total. The average Bonchev–Trinajstić information content (AvgIpc) is 3.04. The highest BCUT2D eigenvalue weighted by molar-refractivity contribution is 7.91. The maximum atomic E-state index is 14.2. The minimum Gasteiger partial charge on any atom is -0.331 e. The van der Waals surface area contributed by atoms with E-state index in [1.54, 1.807) is 24.3 Å². The quantitative estimate of drug-likeness (QED) is 0.664. The van der Waals surface area contributed by atoms with Crippen LogP contribution in [0.15, 0.2) is 54.6 Å². The summed E-state index contributed by atoms with van der Waals surface area (Å²) in [5, 5.41) is 0. The van der Waals surface area contributed by atoms with Crippen LogP contribution in [0.1, 0.15) is 43.9 Å². The molecule has 0 saturated carbocycles. The molecule has 1 saturated heterocycles. The number of amides is 1. The van der Waals surface area contributed by atoms with E-state index in [1.165, 1.54) is 22.6 Å². The van der Waals surface area contributed by atoms with Gasteiger partial charge in [0, 0.05) is 24.2 Å². The third-order valence-corrected chi connectivity index (χ3v) is 7.18. The molecule has 0 N–H and O–H groups in total. The first kappa shape index (κ1) is 22.2. The Morgan fingerprint density at radius 1 is 1.13 bits per heavy atom. The lowest BCUT2D eigenvalue weighted by Gasteiger charge is -2.27. The molecule has 1 atom stereocenters. The number of hydrogen-bond donors (Lipinski definition) is 0. The SMILES string of the molecule is CC(C)(C)c1ccc(/C=C/C(=O)N(Cc2ccccc2F)[C@H]2CCS(=O)(=O)C2)cc1. The van der Waals surface area contributed by atoms with Crippen molar-refractivity contribution in [1.29, 1.82) is 0 Å². The first-order valence-electron chi connectivity index (χ1n) is 10.1. The molecule has 2 aromatic carbocycles. The number of sulfone groups is 1. The summed E-state index contributed by atoms with van der Waals surface area (Å²) in [4.78, 5) is 14.5. The third kappa shape index (κ3) is 5.57. The number of benzene rings is 2. The monoisotopic (exact) mass is 429 g/mol. The molecule has 2 aromatic rings. The van der Waals surface area contributed by atoms with Gasteiger partial charge in [0.1, 0.15) is 5.82 Å². The fourth-order valence-corrected chi connectivity index (χ4v) is 5.31. The van der Waals surface area contributed by atoms with Crippen LogP contribution in [0.3, 0.4) is 0 Å². The second-order valence-corrected chi connectivity index (χ2v) is 11.0. The Morgan fingerprint density at radius 2 is 1.80 bits per heavy atom. The van der Waals surface area contributed by atoms with Crippen molar-refractivity contribution in [3.63, 3.8) is 0 Å². The molecule has 1 aliphatic rings. The molecule has 1 heterocycles. The van der Waals surface area contributed by atoms with Gasteiger partial charge < -0.3 is 4.90 Å². The van der Waals surface area contributed by atoms with Crippen molar-refractivity contribution in [2.45, 2.75) is 45.2 Å². The minimum atomic E-state index is -3.17. The number of carbonyl (C=O) groups excluding carboxylic acids is 1. The average molecular weight is 430 g/mol. The van der Waals surface area contributed by atoms with Crippen LogP contribution in [0.5, 0.6) is 0 Å². The van der Waals surface area contributed by atoms with Crippen LogP contribution in [0.25, 0.3) is 6.08 Å². The summed E-state index contributed by atoms with van der Waals surface area (Å²) < 4.78 is 38.1. The van der Waals surface area contributed by atoms with E-state index in [0.717, 1.165) is 5.56 Å². The van der Waals surface area contributed by atoms with Crippen LogP contribution in [0, 0.1) is 5.82 Å². The van der Waals surface area contributed by atoms with Gasteiger partial charge in [-0.15, -0.1) is 0 Å². The molecule has 1 amide bonds. The van der Waals surface area contributed by atoms with Gasteiger partial charge in [0.15, 0.2) is 9.84 Å².